The SMILES string of the molecule is CCCNC(=O)CN(C)C(=O)c1ccc2[nH]ccc2c1. The third-order valence-corrected chi connectivity index (χ3v) is 3.10. The summed E-state index contributed by atoms with van der Waals surface area (Å²) < 4.78 is 0. The number of amides is 2. The number of benzene rings is 1. The van der Waals surface area contributed by atoms with Gasteiger partial charge >= 0.3 is 0 Å². The number of carbonyl (C=O) groups is 2. The van der Waals surface area contributed by atoms with Crippen LogP contribution in [0.5, 0.6) is 0 Å². The van der Waals surface area contributed by atoms with E-state index in [1.807, 2.05) is 31.3 Å². The quantitative estimate of drug-likeness (QED) is 0.872. The van der Waals surface area contributed by atoms with Gasteiger partial charge in [-0.2, -0.15) is 0 Å². The Morgan fingerprint density at radius 3 is 2.85 bits per heavy atom. The van der Waals surface area contributed by atoms with Crippen LogP contribution in [0.2, 0.25) is 0 Å². The molecule has 2 rings (SSSR count). The van der Waals surface area contributed by atoms with Crippen molar-refractivity contribution in [2.45, 2.75) is 13.3 Å². The van der Waals surface area contributed by atoms with Crippen LogP contribution in [0.25, 0.3) is 10.9 Å². The van der Waals surface area contributed by atoms with Gasteiger partial charge in [0.15, 0.2) is 0 Å². The molecular weight excluding hydrogens is 254 g/mol. The van der Waals surface area contributed by atoms with E-state index in [4.69, 9.17) is 0 Å². The number of carbonyl (C=O) groups excluding carboxylic acids is 2. The molecule has 2 amide bonds. The molecular formula is C15H19N3O2. The van der Waals surface area contributed by atoms with Crippen LogP contribution in [0.4, 0.5) is 0 Å². The molecule has 0 bridgehead atoms. The number of likely N-dealkylation sites (N-methyl/N-ethyl adjacent to an activating group) is 1. The van der Waals surface area contributed by atoms with Crippen molar-refractivity contribution in [3.63, 3.8) is 0 Å². The topological polar surface area (TPSA) is 65.2 Å². The van der Waals surface area contributed by atoms with Gasteiger partial charge in [0.2, 0.25) is 5.91 Å². The van der Waals surface area contributed by atoms with Crippen molar-refractivity contribution in [3.05, 3.63) is 36.0 Å². The fourth-order valence-corrected chi connectivity index (χ4v) is 2.01. The van der Waals surface area contributed by atoms with E-state index in [-0.39, 0.29) is 18.4 Å². The second-order valence-corrected chi connectivity index (χ2v) is 4.79. The smallest absolute Gasteiger partial charge is 0.254 e. The molecule has 5 nitrogen and oxygen atoms in total. The number of nitrogens with zero attached hydrogens (tertiary/aromatic N) is 1. The fourth-order valence-electron chi connectivity index (χ4n) is 2.01. The molecule has 0 aliphatic carbocycles. The van der Waals surface area contributed by atoms with Crippen LogP contribution in [0.3, 0.4) is 0 Å². The molecule has 5 heteroatoms. The highest BCUT2D eigenvalue weighted by molar-refractivity contribution is 5.99. The third-order valence-electron chi connectivity index (χ3n) is 3.10. The summed E-state index contributed by atoms with van der Waals surface area (Å²) in [6.45, 7) is 2.70. The zero-order chi connectivity index (χ0) is 14.5. The van der Waals surface area contributed by atoms with Gasteiger partial charge in [0.05, 0.1) is 6.54 Å². The van der Waals surface area contributed by atoms with Gasteiger partial charge in [-0.1, -0.05) is 6.92 Å². The molecule has 1 aromatic carbocycles. The maximum Gasteiger partial charge on any atom is 0.254 e. The molecule has 0 spiro atoms. The van der Waals surface area contributed by atoms with Crippen molar-refractivity contribution < 1.29 is 9.59 Å². The van der Waals surface area contributed by atoms with Crippen LogP contribution in [0, 0.1) is 0 Å². The lowest BCUT2D eigenvalue weighted by atomic mass is 10.1. The minimum Gasteiger partial charge on any atom is -0.361 e. The molecule has 106 valence electrons. The molecule has 1 aromatic heterocycles. The van der Waals surface area contributed by atoms with Gasteiger partial charge in [-0.15, -0.1) is 0 Å². The lowest BCUT2D eigenvalue weighted by Crippen LogP contribution is -2.38. The standard InChI is InChI=1S/C15H19N3O2/c1-3-7-17-14(19)10-18(2)15(20)12-4-5-13-11(9-12)6-8-16-13/h4-6,8-9,16H,3,7,10H2,1-2H3,(H,17,19). The first-order chi connectivity index (χ1) is 9.61. The summed E-state index contributed by atoms with van der Waals surface area (Å²) >= 11 is 0. The number of fused-ring (bicyclic) bond motifs is 1. The molecule has 0 saturated heterocycles. The Morgan fingerprint density at radius 1 is 1.30 bits per heavy atom. The normalized spacial score (nSPS) is 10.5. The van der Waals surface area contributed by atoms with Crippen LogP contribution >= 0.6 is 0 Å². The number of hydrogen-bond acceptors (Lipinski definition) is 2. The van der Waals surface area contributed by atoms with Crippen molar-refractivity contribution in [2.75, 3.05) is 20.1 Å². The molecule has 0 aliphatic heterocycles. The van der Waals surface area contributed by atoms with Crippen molar-refractivity contribution in [2.24, 2.45) is 0 Å². The first-order valence-electron chi connectivity index (χ1n) is 6.71. The summed E-state index contributed by atoms with van der Waals surface area (Å²) in [6.07, 6.45) is 2.72. The monoisotopic (exact) mass is 273 g/mol. The first kappa shape index (κ1) is 14.1. The van der Waals surface area contributed by atoms with Crippen LogP contribution in [0.1, 0.15) is 23.7 Å². The second-order valence-electron chi connectivity index (χ2n) is 4.79. The zero-order valence-electron chi connectivity index (χ0n) is 11.8. The van der Waals surface area contributed by atoms with Crippen molar-refractivity contribution in [3.8, 4) is 0 Å². The van der Waals surface area contributed by atoms with Crippen LogP contribution in [0.15, 0.2) is 30.5 Å². The van der Waals surface area contributed by atoms with E-state index in [0.29, 0.717) is 12.1 Å². The minimum atomic E-state index is -0.153. The summed E-state index contributed by atoms with van der Waals surface area (Å²) in [5, 5.41) is 3.74. The number of H-pyrrole nitrogens is 1. The zero-order valence-corrected chi connectivity index (χ0v) is 11.8. The molecule has 0 atom stereocenters. The number of hydrogen-bond donors (Lipinski definition) is 2. The van der Waals surface area contributed by atoms with E-state index in [2.05, 4.69) is 10.3 Å². The van der Waals surface area contributed by atoms with E-state index in [9.17, 15) is 9.59 Å². The Kier molecular flexibility index (Phi) is 4.40. The van der Waals surface area contributed by atoms with Gasteiger partial charge in [0.1, 0.15) is 0 Å². The summed E-state index contributed by atoms with van der Waals surface area (Å²) in [6, 6.07) is 7.38. The number of aromatic amines is 1. The predicted molar refractivity (Wildman–Crippen MR) is 78.6 cm³/mol. The third kappa shape index (κ3) is 3.17. The molecule has 20 heavy (non-hydrogen) atoms. The highest BCUT2D eigenvalue weighted by atomic mass is 16.2. The predicted octanol–water partition coefficient (Wildman–Crippen LogP) is 1.77. The van der Waals surface area contributed by atoms with E-state index < -0.39 is 0 Å². The summed E-state index contributed by atoms with van der Waals surface area (Å²) in [7, 11) is 1.63. The fraction of sp³-hybridized carbons (Fsp3) is 0.333. The van der Waals surface area contributed by atoms with E-state index in [1.165, 1.54) is 4.90 Å². The van der Waals surface area contributed by atoms with Crippen LogP contribution < -0.4 is 5.32 Å². The molecule has 0 fully saturated rings. The lowest BCUT2D eigenvalue weighted by Gasteiger charge is -2.16. The highest BCUT2D eigenvalue weighted by Gasteiger charge is 2.15. The lowest BCUT2D eigenvalue weighted by molar-refractivity contribution is -0.121. The Hall–Kier alpha value is -2.30. The van der Waals surface area contributed by atoms with E-state index in [0.717, 1.165) is 17.3 Å². The Balaban J connectivity index is 2.04. The largest absolute Gasteiger partial charge is 0.361 e. The molecule has 2 aromatic rings. The number of rotatable bonds is 5. The summed E-state index contributed by atoms with van der Waals surface area (Å²) in [5.41, 5.74) is 1.58. The molecule has 2 N–H and O–H groups in total. The summed E-state index contributed by atoms with van der Waals surface area (Å²) in [5.74, 6) is -0.287. The molecule has 0 radical (unpaired) electrons. The minimum absolute atomic E-state index is 0.0734. The molecule has 1 heterocycles. The number of aromatic nitrogens is 1. The maximum absolute atomic E-state index is 12.3. The van der Waals surface area contributed by atoms with Gasteiger partial charge in [-0.05, 0) is 30.7 Å². The average Bonchev–Trinajstić information content (AvgIpc) is 2.91. The van der Waals surface area contributed by atoms with Crippen LogP contribution in [-0.4, -0.2) is 41.8 Å². The van der Waals surface area contributed by atoms with Gasteiger partial charge in [-0.25, -0.2) is 0 Å². The van der Waals surface area contributed by atoms with Gasteiger partial charge < -0.3 is 15.2 Å². The average molecular weight is 273 g/mol. The Morgan fingerprint density at radius 2 is 2.10 bits per heavy atom. The van der Waals surface area contributed by atoms with E-state index in [1.54, 1.807) is 13.1 Å². The number of nitrogens with one attached hydrogen (secondary N) is 2. The van der Waals surface area contributed by atoms with Crippen LogP contribution in [-0.2, 0) is 4.79 Å². The Bertz CT molecular complexity index is 618. The van der Waals surface area contributed by atoms with Crippen molar-refractivity contribution in [1.82, 2.24) is 15.2 Å². The van der Waals surface area contributed by atoms with E-state index >= 15 is 0 Å². The Labute approximate surface area is 118 Å². The van der Waals surface area contributed by atoms with Crippen molar-refractivity contribution in [1.29, 1.82) is 0 Å². The molecule has 0 unspecified atom stereocenters. The van der Waals surface area contributed by atoms with Gasteiger partial charge in [-0.3, -0.25) is 9.59 Å². The molecule has 0 saturated carbocycles. The molecule has 0 aliphatic rings. The van der Waals surface area contributed by atoms with Crippen molar-refractivity contribution >= 4 is 22.7 Å². The second kappa shape index (κ2) is 6.23. The summed E-state index contributed by atoms with van der Waals surface area (Å²) in [4.78, 5) is 28.4. The van der Waals surface area contributed by atoms with Gasteiger partial charge in [0.25, 0.3) is 5.91 Å². The van der Waals surface area contributed by atoms with Gasteiger partial charge in [0, 0.05) is 36.3 Å². The first-order valence-corrected chi connectivity index (χ1v) is 6.71. The highest BCUT2D eigenvalue weighted by Crippen LogP contribution is 2.15. The maximum atomic E-state index is 12.3.